The molecule has 1 heterocycles. The predicted octanol–water partition coefficient (Wildman–Crippen LogP) is 3.58. The number of nitrogens with one attached hydrogen (secondary N) is 2. The highest BCUT2D eigenvalue weighted by atomic mass is 79.9. The molecular formula is C14H18BrClN2O2. The first-order chi connectivity index (χ1) is 9.61. The van der Waals surface area contributed by atoms with Crippen LogP contribution in [0.2, 0.25) is 5.02 Å². The summed E-state index contributed by atoms with van der Waals surface area (Å²) in [4.78, 5) is 12.3. The normalized spacial score (nSPS) is 18.6. The number of anilines is 1. The molecule has 1 aliphatic rings. The lowest BCUT2D eigenvalue weighted by Gasteiger charge is -2.23. The van der Waals surface area contributed by atoms with E-state index in [0.29, 0.717) is 23.1 Å². The number of rotatable bonds is 4. The standard InChI is InChI=1S/C14H18BrClN2O2/c1-2-20-13-10(15)7-9(16)8-12(13)18-14(19)11-5-3-4-6-17-11/h7-8,11,17H,2-6H2,1H3,(H,18,19). The van der Waals surface area contributed by atoms with Gasteiger partial charge in [0.15, 0.2) is 5.75 Å². The maximum atomic E-state index is 12.3. The zero-order valence-corrected chi connectivity index (χ0v) is 13.7. The maximum absolute atomic E-state index is 12.3. The lowest BCUT2D eigenvalue weighted by atomic mass is 10.0. The molecule has 2 N–H and O–H groups in total. The number of halogens is 2. The second-order valence-corrected chi connectivity index (χ2v) is 5.98. The number of hydrogen-bond donors (Lipinski definition) is 2. The van der Waals surface area contributed by atoms with Gasteiger partial charge >= 0.3 is 0 Å². The van der Waals surface area contributed by atoms with Crippen LogP contribution in [0, 0.1) is 0 Å². The van der Waals surface area contributed by atoms with Crippen molar-refractivity contribution in [2.24, 2.45) is 0 Å². The Morgan fingerprint density at radius 3 is 3.00 bits per heavy atom. The summed E-state index contributed by atoms with van der Waals surface area (Å²) in [6.07, 6.45) is 3.05. The van der Waals surface area contributed by atoms with Crippen LogP contribution in [-0.2, 0) is 4.79 Å². The second kappa shape index (κ2) is 7.29. The van der Waals surface area contributed by atoms with Crippen molar-refractivity contribution in [2.75, 3.05) is 18.5 Å². The fourth-order valence-corrected chi connectivity index (χ4v) is 3.16. The quantitative estimate of drug-likeness (QED) is 0.862. The van der Waals surface area contributed by atoms with Crippen LogP contribution in [0.4, 0.5) is 5.69 Å². The van der Waals surface area contributed by atoms with Crippen LogP contribution in [0.3, 0.4) is 0 Å². The number of carbonyl (C=O) groups excluding carboxylic acids is 1. The molecule has 1 unspecified atom stereocenters. The predicted molar refractivity (Wildman–Crippen MR) is 84.6 cm³/mol. The summed E-state index contributed by atoms with van der Waals surface area (Å²) in [6, 6.07) is 3.31. The van der Waals surface area contributed by atoms with Crippen molar-refractivity contribution in [1.82, 2.24) is 5.32 Å². The third-order valence-corrected chi connectivity index (χ3v) is 3.99. The van der Waals surface area contributed by atoms with Crippen LogP contribution in [0.1, 0.15) is 26.2 Å². The molecule has 1 fully saturated rings. The maximum Gasteiger partial charge on any atom is 0.241 e. The minimum atomic E-state index is -0.143. The lowest BCUT2D eigenvalue weighted by molar-refractivity contribution is -0.118. The van der Waals surface area contributed by atoms with Crippen molar-refractivity contribution in [1.29, 1.82) is 0 Å². The van der Waals surface area contributed by atoms with E-state index in [9.17, 15) is 4.79 Å². The molecule has 0 saturated carbocycles. The smallest absolute Gasteiger partial charge is 0.241 e. The number of benzene rings is 1. The second-order valence-electron chi connectivity index (χ2n) is 4.69. The highest BCUT2D eigenvalue weighted by Crippen LogP contribution is 2.36. The minimum Gasteiger partial charge on any atom is -0.491 e. The van der Waals surface area contributed by atoms with Gasteiger partial charge in [0.25, 0.3) is 0 Å². The topological polar surface area (TPSA) is 50.4 Å². The van der Waals surface area contributed by atoms with Crippen molar-refractivity contribution in [3.8, 4) is 5.75 Å². The Kier molecular flexibility index (Phi) is 5.69. The van der Waals surface area contributed by atoms with Crippen LogP contribution >= 0.6 is 27.5 Å². The highest BCUT2D eigenvalue weighted by molar-refractivity contribution is 9.10. The molecule has 0 radical (unpaired) electrons. The fraction of sp³-hybridized carbons (Fsp3) is 0.500. The minimum absolute atomic E-state index is 0.0418. The van der Waals surface area contributed by atoms with Crippen LogP contribution in [0.15, 0.2) is 16.6 Å². The molecule has 4 nitrogen and oxygen atoms in total. The van der Waals surface area contributed by atoms with E-state index in [4.69, 9.17) is 16.3 Å². The Morgan fingerprint density at radius 2 is 2.35 bits per heavy atom. The van der Waals surface area contributed by atoms with E-state index in [0.717, 1.165) is 30.3 Å². The third kappa shape index (κ3) is 3.87. The molecule has 0 aliphatic carbocycles. The molecule has 1 atom stereocenters. The first kappa shape index (κ1) is 15.6. The zero-order valence-electron chi connectivity index (χ0n) is 11.3. The number of amides is 1. The zero-order chi connectivity index (χ0) is 14.5. The molecule has 0 aromatic heterocycles. The molecule has 20 heavy (non-hydrogen) atoms. The van der Waals surface area contributed by atoms with E-state index in [1.807, 2.05) is 6.92 Å². The van der Waals surface area contributed by atoms with E-state index in [1.165, 1.54) is 0 Å². The van der Waals surface area contributed by atoms with Crippen molar-refractivity contribution in [2.45, 2.75) is 32.2 Å². The van der Waals surface area contributed by atoms with Crippen molar-refractivity contribution >= 4 is 39.1 Å². The molecule has 0 spiro atoms. The van der Waals surface area contributed by atoms with Gasteiger partial charge in [-0.3, -0.25) is 4.79 Å². The van der Waals surface area contributed by atoms with Gasteiger partial charge in [-0.1, -0.05) is 18.0 Å². The van der Waals surface area contributed by atoms with Gasteiger partial charge in [0.2, 0.25) is 5.91 Å². The average Bonchev–Trinajstić information content (AvgIpc) is 2.43. The summed E-state index contributed by atoms with van der Waals surface area (Å²) >= 11 is 9.45. The van der Waals surface area contributed by atoms with Gasteiger partial charge in [-0.15, -0.1) is 0 Å². The monoisotopic (exact) mass is 360 g/mol. The lowest BCUT2D eigenvalue weighted by Crippen LogP contribution is -2.43. The Labute approximate surface area is 132 Å². The molecule has 110 valence electrons. The largest absolute Gasteiger partial charge is 0.491 e. The summed E-state index contributed by atoms with van der Waals surface area (Å²) in [5, 5.41) is 6.68. The van der Waals surface area contributed by atoms with Crippen molar-refractivity contribution in [3.63, 3.8) is 0 Å². The van der Waals surface area contributed by atoms with E-state index in [1.54, 1.807) is 12.1 Å². The van der Waals surface area contributed by atoms with Gasteiger partial charge in [-0.25, -0.2) is 0 Å². The SMILES string of the molecule is CCOc1c(Br)cc(Cl)cc1NC(=O)C1CCCCN1. The van der Waals surface area contributed by atoms with Crippen LogP contribution in [0.5, 0.6) is 5.75 Å². The van der Waals surface area contributed by atoms with Gasteiger partial charge in [-0.2, -0.15) is 0 Å². The van der Waals surface area contributed by atoms with Gasteiger partial charge in [0.1, 0.15) is 0 Å². The molecule has 0 bridgehead atoms. The Hall–Kier alpha value is -0.780. The summed E-state index contributed by atoms with van der Waals surface area (Å²) < 4.78 is 6.31. The summed E-state index contributed by atoms with van der Waals surface area (Å²) in [6.45, 7) is 3.30. The van der Waals surface area contributed by atoms with Crippen molar-refractivity contribution < 1.29 is 9.53 Å². The number of carbonyl (C=O) groups is 1. The number of hydrogen-bond acceptors (Lipinski definition) is 3. The molecule has 2 rings (SSSR count). The van der Waals surface area contributed by atoms with E-state index in [-0.39, 0.29) is 11.9 Å². The molecule has 1 amide bonds. The molecule has 1 aromatic carbocycles. The summed E-state index contributed by atoms with van der Waals surface area (Å²) in [5.74, 6) is 0.570. The Morgan fingerprint density at radius 1 is 1.55 bits per heavy atom. The van der Waals surface area contributed by atoms with Crippen LogP contribution in [-0.4, -0.2) is 25.1 Å². The highest BCUT2D eigenvalue weighted by Gasteiger charge is 2.22. The van der Waals surface area contributed by atoms with Gasteiger partial charge < -0.3 is 15.4 Å². The van der Waals surface area contributed by atoms with Gasteiger partial charge in [-0.05, 0) is 54.4 Å². The number of ether oxygens (including phenoxy) is 1. The molecule has 6 heteroatoms. The van der Waals surface area contributed by atoms with Gasteiger partial charge in [0.05, 0.1) is 22.8 Å². The molecule has 1 saturated heterocycles. The molecule has 1 aliphatic heterocycles. The molecular weight excluding hydrogens is 344 g/mol. The first-order valence-electron chi connectivity index (χ1n) is 6.78. The Balaban J connectivity index is 2.16. The van der Waals surface area contributed by atoms with E-state index >= 15 is 0 Å². The molecule has 1 aromatic rings. The van der Waals surface area contributed by atoms with E-state index < -0.39 is 0 Å². The average molecular weight is 362 g/mol. The van der Waals surface area contributed by atoms with Crippen LogP contribution in [0.25, 0.3) is 0 Å². The van der Waals surface area contributed by atoms with E-state index in [2.05, 4.69) is 26.6 Å². The first-order valence-corrected chi connectivity index (χ1v) is 7.95. The Bertz CT molecular complexity index is 490. The van der Waals surface area contributed by atoms with Crippen molar-refractivity contribution in [3.05, 3.63) is 21.6 Å². The number of piperidine rings is 1. The third-order valence-electron chi connectivity index (χ3n) is 3.18. The van der Waals surface area contributed by atoms with Gasteiger partial charge in [0, 0.05) is 5.02 Å². The summed E-state index contributed by atoms with van der Waals surface area (Å²) in [5.41, 5.74) is 0.601. The van der Waals surface area contributed by atoms with Crippen LogP contribution < -0.4 is 15.4 Å². The summed E-state index contributed by atoms with van der Waals surface area (Å²) in [7, 11) is 0. The fourth-order valence-electron chi connectivity index (χ4n) is 2.24.